The van der Waals surface area contributed by atoms with E-state index >= 15 is 0 Å². The number of para-hydroxylation sites is 1. The van der Waals surface area contributed by atoms with Gasteiger partial charge in [-0.3, -0.25) is 0 Å². The third kappa shape index (κ3) is 2.06. The Morgan fingerprint density at radius 3 is 2.70 bits per heavy atom. The number of fused-ring (bicyclic) bond motifs is 1. The number of aromatic nitrogens is 2. The second-order valence-corrected chi connectivity index (χ2v) is 5.30. The molecule has 4 nitrogen and oxygen atoms in total. The third-order valence-corrected chi connectivity index (χ3v) is 4.02. The Kier molecular flexibility index (Phi) is 3.01. The average molecular weight is 280 g/mol. The standard InChI is InChI=1S/C15H10N3OS/c1-10-8-11(16-2)9-13-14(10)20-15(19)18(17-13)12-6-4-3-5-7-12/h3-9H,1H3/q+1. The molecule has 0 aliphatic carbocycles. The summed E-state index contributed by atoms with van der Waals surface area (Å²) in [5, 5.41) is 4.39. The van der Waals surface area contributed by atoms with Crippen molar-refractivity contribution < 1.29 is 4.68 Å². The van der Waals surface area contributed by atoms with E-state index in [2.05, 4.69) is 9.94 Å². The molecule has 0 saturated heterocycles. The van der Waals surface area contributed by atoms with Crippen molar-refractivity contribution >= 4 is 27.2 Å². The number of hydrogen-bond acceptors (Lipinski definition) is 3. The van der Waals surface area contributed by atoms with Crippen molar-refractivity contribution in [2.75, 3.05) is 0 Å². The fourth-order valence-electron chi connectivity index (χ4n) is 2.02. The fourth-order valence-corrected chi connectivity index (χ4v) is 2.85. The van der Waals surface area contributed by atoms with Crippen LogP contribution < -0.4 is 9.55 Å². The molecule has 3 aromatic rings. The summed E-state index contributed by atoms with van der Waals surface area (Å²) in [6.07, 6.45) is 0. The summed E-state index contributed by atoms with van der Waals surface area (Å²) in [5.74, 6) is 0. The maximum atomic E-state index is 12.2. The lowest BCUT2D eigenvalue weighted by Crippen LogP contribution is -2.49. The normalized spacial score (nSPS) is 10.4. The zero-order valence-corrected chi connectivity index (χ0v) is 11.5. The van der Waals surface area contributed by atoms with Gasteiger partial charge in [0, 0.05) is 21.9 Å². The predicted molar refractivity (Wildman–Crippen MR) is 78.4 cm³/mol. The third-order valence-electron chi connectivity index (χ3n) is 2.94. The van der Waals surface area contributed by atoms with Crippen molar-refractivity contribution in [3.63, 3.8) is 0 Å². The van der Waals surface area contributed by atoms with Crippen LogP contribution in [0.3, 0.4) is 0 Å². The fraction of sp³-hybridized carbons (Fsp3) is 0.0667. The first-order valence-corrected chi connectivity index (χ1v) is 6.81. The minimum atomic E-state index is -0.137. The van der Waals surface area contributed by atoms with Crippen LogP contribution >= 0.6 is 11.3 Å². The van der Waals surface area contributed by atoms with Crippen LogP contribution in [-0.4, -0.2) is 5.10 Å². The highest BCUT2D eigenvalue weighted by molar-refractivity contribution is 7.15. The molecule has 0 unspecified atom stereocenters. The zero-order valence-electron chi connectivity index (χ0n) is 10.7. The first-order valence-electron chi connectivity index (χ1n) is 6.00. The van der Waals surface area contributed by atoms with E-state index in [1.54, 1.807) is 12.1 Å². The van der Waals surface area contributed by atoms with Crippen LogP contribution in [0.1, 0.15) is 5.56 Å². The molecule has 0 fully saturated rings. The van der Waals surface area contributed by atoms with E-state index in [4.69, 9.17) is 6.57 Å². The quantitative estimate of drug-likeness (QED) is 0.508. The van der Waals surface area contributed by atoms with Gasteiger partial charge in [-0.05, 0) is 29.9 Å². The Labute approximate surface area is 119 Å². The smallest absolute Gasteiger partial charge is 0.238 e. The van der Waals surface area contributed by atoms with Crippen molar-refractivity contribution in [2.45, 2.75) is 6.92 Å². The van der Waals surface area contributed by atoms with Crippen LogP contribution in [0, 0.1) is 13.5 Å². The second kappa shape index (κ2) is 4.83. The maximum Gasteiger partial charge on any atom is 0.504 e. The first-order chi connectivity index (χ1) is 9.69. The number of rotatable bonds is 1. The van der Waals surface area contributed by atoms with E-state index < -0.39 is 0 Å². The van der Waals surface area contributed by atoms with Crippen LogP contribution in [0.4, 0.5) is 5.69 Å². The molecule has 0 N–H and O–H groups in total. The minimum Gasteiger partial charge on any atom is -0.238 e. The highest BCUT2D eigenvalue weighted by Gasteiger charge is 2.17. The van der Waals surface area contributed by atoms with Gasteiger partial charge in [0.1, 0.15) is 5.52 Å². The van der Waals surface area contributed by atoms with Crippen molar-refractivity contribution in [1.82, 2.24) is 5.10 Å². The summed E-state index contributed by atoms with van der Waals surface area (Å²) in [6.45, 7) is 9.00. The molecule has 0 bridgehead atoms. The molecule has 0 spiro atoms. The van der Waals surface area contributed by atoms with Gasteiger partial charge < -0.3 is 0 Å². The molecule has 3 rings (SSSR count). The van der Waals surface area contributed by atoms with E-state index in [9.17, 15) is 4.79 Å². The first kappa shape index (κ1) is 12.5. The molecule has 0 saturated carbocycles. The Morgan fingerprint density at radius 2 is 2.00 bits per heavy atom. The van der Waals surface area contributed by atoms with E-state index in [1.165, 1.54) is 4.68 Å². The molecule has 1 aromatic heterocycles. The van der Waals surface area contributed by atoms with Crippen LogP contribution in [0.2, 0.25) is 0 Å². The summed E-state index contributed by atoms with van der Waals surface area (Å²) < 4.78 is 2.20. The van der Waals surface area contributed by atoms with Crippen molar-refractivity contribution in [3.05, 3.63) is 69.1 Å². The molecule has 0 amide bonds. The molecular formula is C15H10N3OS+. The molecular weight excluding hydrogens is 270 g/mol. The van der Waals surface area contributed by atoms with Crippen molar-refractivity contribution in [2.24, 2.45) is 0 Å². The summed E-state index contributed by atoms with van der Waals surface area (Å²) in [7, 11) is 0. The number of hydrogen-bond donors (Lipinski definition) is 0. The SMILES string of the molecule is [C-]#[N+]c1cc(C)c2sc(=O)[n+](-c3ccccc3)nc2c1. The Balaban J connectivity index is 2.34. The molecule has 0 atom stereocenters. The molecule has 0 radical (unpaired) electrons. The monoisotopic (exact) mass is 280 g/mol. The molecule has 1 heterocycles. The molecule has 0 aliphatic rings. The van der Waals surface area contributed by atoms with Crippen LogP contribution in [0.5, 0.6) is 0 Å². The zero-order chi connectivity index (χ0) is 14.1. The lowest BCUT2D eigenvalue weighted by molar-refractivity contribution is -0.667. The summed E-state index contributed by atoms with van der Waals surface area (Å²) in [6, 6.07) is 12.8. The van der Waals surface area contributed by atoms with Gasteiger partial charge in [-0.1, -0.05) is 24.3 Å². The van der Waals surface area contributed by atoms with E-state index in [-0.39, 0.29) is 4.87 Å². The molecule has 20 heavy (non-hydrogen) atoms. The van der Waals surface area contributed by atoms with Gasteiger partial charge in [-0.25, -0.2) is 9.64 Å². The lowest BCUT2D eigenvalue weighted by atomic mass is 10.2. The molecule has 96 valence electrons. The lowest BCUT2D eigenvalue weighted by Gasteiger charge is -1.99. The number of benzene rings is 2. The van der Waals surface area contributed by atoms with E-state index in [1.807, 2.05) is 37.3 Å². The Morgan fingerprint density at radius 1 is 1.25 bits per heavy atom. The van der Waals surface area contributed by atoms with Crippen LogP contribution in [0.25, 0.3) is 20.7 Å². The summed E-state index contributed by atoms with van der Waals surface area (Å²) in [5.41, 5.74) is 2.84. The van der Waals surface area contributed by atoms with Crippen molar-refractivity contribution in [3.8, 4) is 5.69 Å². The number of nitrogens with zero attached hydrogens (tertiary/aromatic N) is 3. The van der Waals surface area contributed by atoms with Crippen LogP contribution in [-0.2, 0) is 0 Å². The largest absolute Gasteiger partial charge is 0.504 e. The maximum absolute atomic E-state index is 12.2. The van der Waals surface area contributed by atoms with Gasteiger partial charge in [0.15, 0.2) is 5.69 Å². The van der Waals surface area contributed by atoms with E-state index in [0.29, 0.717) is 11.2 Å². The van der Waals surface area contributed by atoms with Gasteiger partial charge in [-0.15, -0.1) is 0 Å². The van der Waals surface area contributed by atoms with Gasteiger partial charge in [0.25, 0.3) is 0 Å². The van der Waals surface area contributed by atoms with E-state index in [0.717, 1.165) is 27.3 Å². The predicted octanol–water partition coefficient (Wildman–Crippen LogP) is 2.79. The highest BCUT2D eigenvalue weighted by Crippen LogP contribution is 2.24. The summed E-state index contributed by atoms with van der Waals surface area (Å²) >= 11 is 1.15. The topological polar surface area (TPSA) is 38.2 Å². The molecule has 2 aromatic carbocycles. The Bertz CT molecular complexity index is 895. The van der Waals surface area contributed by atoms with Gasteiger partial charge in [0.2, 0.25) is 5.69 Å². The number of aryl methyl sites for hydroxylation is 1. The summed E-state index contributed by atoms with van der Waals surface area (Å²) in [4.78, 5) is 15.5. The Hall–Kier alpha value is -2.58. The highest BCUT2D eigenvalue weighted by atomic mass is 32.1. The van der Waals surface area contributed by atoms with Crippen molar-refractivity contribution in [1.29, 1.82) is 0 Å². The van der Waals surface area contributed by atoms with Crippen LogP contribution in [0.15, 0.2) is 47.3 Å². The second-order valence-electron chi connectivity index (χ2n) is 4.34. The molecule has 0 aliphatic heterocycles. The van der Waals surface area contributed by atoms with Gasteiger partial charge in [-0.2, -0.15) is 0 Å². The van der Waals surface area contributed by atoms with Gasteiger partial charge >= 0.3 is 4.87 Å². The average Bonchev–Trinajstić information content (AvgIpc) is 2.48. The minimum absolute atomic E-state index is 0.137. The molecule has 5 heteroatoms. The van der Waals surface area contributed by atoms with Gasteiger partial charge in [0.05, 0.1) is 11.3 Å².